The van der Waals surface area contributed by atoms with Gasteiger partial charge in [-0.25, -0.2) is 0 Å². The molecule has 0 saturated carbocycles. The third-order valence-electron chi connectivity index (χ3n) is 4.21. The smallest absolute Gasteiger partial charge is 0.220 e. The Morgan fingerprint density at radius 3 is 2.65 bits per heavy atom. The molecule has 1 heterocycles. The van der Waals surface area contributed by atoms with Crippen molar-refractivity contribution in [1.29, 1.82) is 0 Å². The number of carbonyl (C=O) groups excluding carboxylic acids is 1. The quantitative estimate of drug-likeness (QED) is 0.929. The highest BCUT2D eigenvalue weighted by Gasteiger charge is 2.33. The normalized spacial score (nSPS) is 22.0. The van der Waals surface area contributed by atoms with Gasteiger partial charge >= 0.3 is 0 Å². The van der Waals surface area contributed by atoms with Crippen LogP contribution in [0.3, 0.4) is 0 Å². The van der Waals surface area contributed by atoms with Gasteiger partial charge in [-0.15, -0.1) is 0 Å². The molecule has 0 radical (unpaired) electrons. The number of amides is 1. The van der Waals surface area contributed by atoms with Crippen molar-refractivity contribution in [2.24, 2.45) is 0 Å². The second kappa shape index (κ2) is 5.16. The first-order valence-corrected chi connectivity index (χ1v) is 7.09. The molecule has 1 aliphatic rings. The molecule has 20 heavy (non-hydrogen) atoms. The van der Waals surface area contributed by atoms with Gasteiger partial charge in [0.05, 0.1) is 7.11 Å². The molecule has 1 saturated heterocycles. The van der Waals surface area contributed by atoms with Crippen LogP contribution in [0.1, 0.15) is 31.2 Å². The molecule has 2 aromatic rings. The fraction of sp³-hybridized carbons (Fsp3) is 0.353. The van der Waals surface area contributed by atoms with Gasteiger partial charge < -0.3 is 10.1 Å². The third kappa shape index (κ3) is 2.03. The molecule has 1 amide bonds. The minimum absolute atomic E-state index is 0.154. The number of hydrogen-bond acceptors (Lipinski definition) is 2. The zero-order valence-electron chi connectivity index (χ0n) is 11.8. The molecule has 104 valence electrons. The van der Waals surface area contributed by atoms with Gasteiger partial charge in [-0.3, -0.25) is 4.79 Å². The lowest BCUT2D eigenvalue weighted by Gasteiger charge is -2.20. The van der Waals surface area contributed by atoms with E-state index in [2.05, 4.69) is 30.4 Å². The van der Waals surface area contributed by atoms with Gasteiger partial charge in [0, 0.05) is 23.8 Å². The third-order valence-corrected chi connectivity index (χ3v) is 4.21. The summed E-state index contributed by atoms with van der Waals surface area (Å²) in [6, 6.07) is 12.6. The van der Waals surface area contributed by atoms with Gasteiger partial charge in [0.2, 0.25) is 5.91 Å². The van der Waals surface area contributed by atoms with E-state index in [9.17, 15) is 4.79 Å². The van der Waals surface area contributed by atoms with Gasteiger partial charge in [0.1, 0.15) is 5.75 Å². The number of fused-ring (bicyclic) bond motifs is 1. The Bertz CT molecular complexity index is 650. The first-order valence-electron chi connectivity index (χ1n) is 7.09. The van der Waals surface area contributed by atoms with Gasteiger partial charge in [-0.05, 0) is 23.4 Å². The number of carbonyl (C=O) groups is 1. The summed E-state index contributed by atoms with van der Waals surface area (Å²) >= 11 is 0. The van der Waals surface area contributed by atoms with Crippen LogP contribution < -0.4 is 10.1 Å². The molecule has 1 N–H and O–H groups in total. The van der Waals surface area contributed by atoms with Crippen molar-refractivity contribution in [3.05, 3.63) is 42.0 Å². The van der Waals surface area contributed by atoms with E-state index in [-0.39, 0.29) is 17.9 Å². The molecule has 2 unspecified atom stereocenters. The molecule has 3 nitrogen and oxygen atoms in total. The van der Waals surface area contributed by atoms with E-state index in [0.717, 1.165) is 17.6 Å². The molecular weight excluding hydrogens is 250 g/mol. The summed E-state index contributed by atoms with van der Waals surface area (Å²) in [5.41, 5.74) is 1.24. The average molecular weight is 269 g/mol. The van der Waals surface area contributed by atoms with Gasteiger partial charge in [-0.2, -0.15) is 0 Å². The molecule has 0 aliphatic carbocycles. The largest absolute Gasteiger partial charge is 0.496 e. The number of benzene rings is 2. The molecule has 0 bridgehead atoms. The molecule has 2 aromatic carbocycles. The zero-order chi connectivity index (χ0) is 14.1. The summed E-state index contributed by atoms with van der Waals surface area (Å²) in [6.07, 6.45) is 1.53. The Morgan fingerprint density at radius 1 is 1.20 bits per heavy atom. The summed E-state index contributed by atoms with van der Waals surface area (Å²) in [7, 11) is 1.69. The minimum Gasteiger partial charge on any atom is -0.496 e. The maximum Gasteiger partial charge on any atom is 0.220 e. The molecule has 2 atom stereocenters. The van der Waals surface area contributed by atoms with Crippen LogP contribution in [0, 0.1) is 0 Å². The summed E-state index contributed by atoms with van der Waals surface area (Å²) in [6.45, 7) is 2.12. The Hall–Kier alpha value is -2.03. The second-order valence-electron chi connectivity index (χ2n) is 5.30. The maximum atomic E-state index is 11.7. The van der Waals surface area contributed by atoms with Crippen molar-refractivity contribution in [1.82, 2.24) is 5.32 Å². The standard InChI is InChI=1S/C17H19NO2/c1-3-15-14(10-17(19)18-15)12-8-9-16(20-2)13-7-5-4-6-11(12)13/h4-9,14-15H,3,10H2,1-2H3,(H,18,19). The van der Waals surface area contributed by atoms with Crippen molar-refractivity contribution in [3.8, 4) is 5.75 Å². The Kier molecular flexibility index (Phi) is 3.35. The highest BCUT2D eigenvalue weighted by Crippen LogP contribution is 2.37. The lowest BCUT2D eigenvalue weighted by atomic mass is 9.87. The van der Waals surface area contributed by atoms with Gasteiger partial charge in [-0.1, -0.05) is 37.3 Å². The molecule has 0 aromatic heterocycles. The van der Waals surface area contributed by atoms with E-state index in [4.69, 9.17) is 4.74 Å². The summed E-state index contributed by atoms with van der Waals surface area (Å²) in [5.74, 6) is 1.29. The monoisotopic (exact) mass is 269 g/mol. The lowest BCUT2D eigenvalue weighted by molar-refractivity contribution is -0.119. The first kappa shape index (κ1) is 13.0. The molecule has 1 aliphatic heterocycles. The predicted octanol–water partition coefficient (Wildman–Crippen LogP) is 3.23. The van der Waals surface area contributed by atoms with Crippen molar-refractivity contribution < 1.29 is 9.53 Å². The van der Waals surface area contributed by atoms with Crippen LogP contribution in [0.5, 0.6) is 5.75 Å². The van der Waals surface area contributed by atoms with Crippen LogP contribution >= 0.6 is 0 Å². The van der Waals surface area contributed by atoms with E-state index in [1.807, 2.05) is 18.2 Å². The number of rotatable bonds is 3. The number of ether oxygens (including phenoxy) is 1. The van der Waals surface area contributed by atoms with Gasteiger partial charge in [0.25, 0.3) is 0 Å². The topological polar surface area (TPSA) is 38.3 Å². The summed E-state index contributed by atoms with van der Waals surface area (Å²) < 4.78 is 5.44. The van der Waals surface area contributed by atoms with Crippen molar-refractivity contribution in [2.45, 2.75) is 31.7 Å². The molecule has 1 fully saturated rings. The van der Waals surface area contributed by atoms with E-state index in [1.54, 1.807) is 7.11 Å². The average Bonchev–Trinajstić information content (AvgIpc) is 2.87. The van der Waals surface area contributed by atoms with Crippen LogP contribution in [0.2, 0.25) is 0 Å². The fourth-order valence-electron chi connectivity index (χ4n) is 3.22. The van der Waals surface area contributed by atoms with Crippen molar-refractivity contribution in [3.63, 3.8) is 0 Å². The number of nitrogens with one attached hydrogen (secondary N) is 1. The van der Waals surface area contributed by atoms with Crippen LogP contribution in [0.25, 0.3) is 10.8 Å². The molecule has 3 rings (SSSR count). The van der Waals surface area contributed by atoms with Crippen molar-refractivity contribution in [2.75, 3.05) is 7.11 Å². The number of hydrogen-bond donors (Lipinski definition) is 1. The number of methoxy groups -OCH3 is 1. The highest BCUT2D eigenvalue weighted by molar-refractivity contribution is 5.92. The Labute approximate surface area is 118 Å². The van der Waals surface area contributed by atoms with Crippen LogP contribution in [0.4, 0.5) is 0 Å². The van der Waals surface area contributed by atoms with E-state index < -0.39 is 0 Å². The summed E-state index contributed by atoms with van der Waals surface area (Å²) in [5, 5.41) is 5.37. The molecule has 3 heteroatoms. The minimum atomic E-state index is 0.154. The maximum absolute atomic E-state index is 11.7. The molecule has 0 spiro atoms. The Morgan fingerprint density at radius 2 is 1.95 bits per heavy atom. The van der Waals surface area contributed by atoms with Crippen LogP contribution in [-0.4, -0.2) is 19.1 Å². The van der Waals surface area contributed by atoms with Crippen LogP contribution in [-0.2, 0) is 4.79 Å². The first-order chi connectivity index (χ1) is 9.74. The van der Waals surface area contributed by atoms with E-state index >= 15 is 0 Å². The Balaban J connectivity index is 2.15. The lowest BCUT2D eigenvalue weighted by Crippen LogP contribution is -2.27. The fourth-order valence-corrected chi connectivity index (χ4v) is 3.22. The summed E-state index contributed by atoms with van der Waals surface area (Å²) in [4.78, 5) is 11.7. The van der Waals surface area contributed by atoms with Gasteiger partial charge in [0.15, 0.2) is 0 Å². The second-order valence-corrected chi connectivity index (χ2v) is 5.30. The van der Waals surface area contributed by atoms with E-state index in [1.165, 1.54) is 10.9 Å². The van der Waals surface area contributed by atoms with Crippen LogP contribution in [0.15, 0.2) is 36.4 Å². The van der Waals surface area contributed by atoms with Crippen molar-refractivity contribution >= 4 is 16.7 Å². The zero-order valence-corrected chi connectivity index (χ0v) is 11.8. The SMILES string of the molecule is CCC1NC(=O)CC1c1ccc(OC)c2ccccc12. The highest BCUT2D eigenvalue weighted by atomic mass is 16.5. The van der Waals surface area contributed by atoms with E-state index in [0.29, 0.717) is 6.42 Å². The predicted molar refractivity (Wildman–Crippen MR) is 80.1 cm³/mol. The molecular formula is C17H19NO2.